The highest BCUT2D eigenvalue weighted by Crippen LogP contribution is 2.32. The van der Waals surface area contributed by atoms with E-state index in [1.54, 1.807) is 0 Å². The maximum absolute atomic E-state index is 3.54. The fourth-order valence-corrected chi connectivity index (χ4v) is 3.65. The minimum absolute atomic E-state index is 1.12. The molecule has 1 aromatic heterocycles. The Morgan fingerprint density at radius 3 is 2.36 bits per heavy atom. The number of allylic oxidation sites excluding steroid dienone is 8. The Morgan fingerprint density at radius 1 is 0.840 bits per heavy atom. The minimum atomic E-state index is 1.12. The van der Waals surface area contributed by atoms with Crippen LogP contribution in [0.3, 0.4) is 0 Å². The first-order valence-corrected chi connectivity index (χ1v) is 8.68. The molecular formula is C24H17N. The normalized spacial score (nSPS) is 15.8. The maximum Gasteiger partial charge on any atom is 0.0465 e. The molecule has 0 amide bonds. The van der Waals surface area contributed by atoms with Crippen molar-refractivity contribution >= 4 is 33.0 Å². The van der Waals surface area contributed by atoms with Crippen LogP contribution in [-0.4, -0.2) is 4.98 Å². The van der Waals surface area contributed by atoms with Gasteiger partial charge in [0, 0.05) is 21.8 Å². The van der Waals surface area contributed by atoms with E-state index in [4.69, 9.17) is 0 Å². The minimum Gasteiger partial charge on any atom is -0.355 e. The highest BCUT2D eigenvalue weighted by atomic mass is 14.7. The lowest BCUT2D eigenvalue weighted by atomic mass is 9.95. The summed E-state index contributed by atoms with van der Waals surface area (Å²) < 4.78 is 0. The van der Waals surface area contributed by atoms with Gasteiger partial charge in [-0.2, -0.15) is 0 Å². The van der Waals surface area contributed by atoms with E-state index >= 15 is 0 Å². The molecule has 0 atom stereocenters. The highest BCUT2D eigenvalue weighted by Gasteiger charge is 2.10. The van der Waals surface area contributed by atoms with E-state index in [1.807, 2.05) is 12.2 Å². The van der Waals surface area contributed by atoms with Gasteiger partial charge in [-0.05, 0) is 77.6 Å². The fraction of sp³-hybridized carbons (Fsp3) is 0.0833. The molecule has 0 fully saturated rings. The van der Waals surface area contributed by atoms with Crippen LogP contribution in [-0.2, 0) is 0 Å². The van der Waals surface area contributed by atoms with Crippen LogP contribution in [0.2, 0.25) is 0 Å². The van der Waals surface area contributed by atoms with E-state index in [1.165, 1.54) is 44.1 Å². The molecule has 1 heterocycles. The molecule has 0 aliphatic heterocycles. The molecule has 0 spiro atoms. The van der Waals surface area contributed by atoms with Crippen molar-refractivity contribution in [3.8, 4) is 0 Å². The molecule has 0 unspecified atom stereocenters. The predicted octanol–water partition coefficient (Wildman–Crippen LogP) is 6.32. The summed E-state index contributed by atoms with van der Waals surface area (Å²) in [6.07, 6.45) is 14.9. The number of hydrogen-bond acceptors (Lipinski definition) is 0. The largest absolute Gasteiger partial charge is 0.355 e. The third-order valence-corrected chi connectivity index (χ3v) is 4.97. The van der Waals surface area contributed by atoms with Crippen molar-refractivity contribution in [2.24, 2.45) is 0 Å². The van der Waals surface area contributed by atoms with E-state index in [0.29, 0.717) is 0 Å². The van der Waals surface area contributed by atoms with Crippen LogP contribution < -0.4 is 0 Å². The van der Waals surface area contributed by atoms with Gasteiger partial charge in [0.05, 0.1) is 0 Å². The van der Waals surface area contributed by atoms with Crippen molar-refractivity contribution in [1.82, 2.24) is 4.98 Å². The number of aromatic amines is 1. The van der Waals surface area contributed by atoms with Crippen LogP contribution in [0.5, 0.6) is 0 Å². The van der Waals surface area contributed by atoms with Gasteiger partial charge in [-0.25, -0.2) is 0 Å². The monoisotopic (exact) mass is 319 g/mol. The molecule has 25 heavy (non-hydrogen) atoms. The van der Waals surface area contributed by atoms with Gasteiger partial charge < -0.3 is 4.98 Å². The third-order valence-electron chi connectivity index (χ3n) is 4.97. The summed E-state index contributed by atoms with van der Waals surface area (Å²) in [4.78, 5) is 3.54. The second-order valence-corrected chi connectivity index (χ2v) is 6.53. The molecule has 0 saturated heterocycles. The molecule has 2 aromatic carbocycles. The molecule has 3 aromatic rings. The zero-order chi connectivity index (χ0) is 16.6. The summed E-state index contributed by atoms with van der Waals surface area (Å²) in [5.74, 6) is 0. The molecule has 1 heteroatoms. The standard InChI is InChI=1S/C24H17N/c1-3-7-17(8-4-1)19-11-13-23-21(15-19)22-16-20(12-14-24(22)25-23)18-9-5-2-6-10-18/h1,3,5,7,9-16,25H,4,8H2. The zero-order valence-corrected chi connectivity index (χ0v) is 13.8. The van der Waals surface area contributed by atoms with Crippen molar-refractivity contribution in [2.45, 2.75) is 12.8 Å². The zero-order valence-electron chi connectivity index (χ0n) is 13.8. The number of rotatable bonds is 2. The maximum atomic E-state index is 3.54. The Bertz CT molecular complexity index is 1200. The fourth-order valence-electron chi connectivity index (χ4n) is 3.65. The molecular weight excluding hydrogens is 302 g/mol. The van der Waals surface area contributed by atoms with Crippen molar-refractivity contribution in [3.05, 3.63) is 95.4 Å². The van der Waals surface area contributed by atoms with Gasteiger partial charge in [-0.15, -0.1) is 0 Å². The van der Waals surface area contributed by atoms with Crippen molar-refractivity contribution in [1.29, 1.82) is 0 Å². The third kappa shape index (κ3) is 2.44. The molecule has 0 saturated carbocycles. The predicted molar refractivity (Wildman–Crippen MR) is 106 cm³/mol. The van der Waals surface area contributed by atoms with Crippen molar-refractivity contribution in [2.75, 3.05) is 0 Å². The molecule has 1 nitrogen and oxygen atoms in total. The van der Waals surface area contributed by atoms with Crippen LogP contribution in [0.4, 0.5) is 0 Å². The molecule has 118 valence electrons. The summed E-state index contributed by atoms with van der Waals surface area (Å²) in [5.41, 5.74) is 13.5. The molecule has 1 N–H and O–H groups in total. The Hall–Kier alpha value is -3.24. The highest BCUT2D eigenvalue weighted by molar-refractivity contribution is 6.09. The van der Waals surface area contributed by atoms with Crippen LogP contribution in [0, 0.1) is 0 Å². The van der Waals surface area contributed by atoms with Crippen molar-refractivity contribution < 1.29 is 0 Å². The average molecular weight is 319 g/mol. The topological polar surface area (TPSA) is 15.8 Å². The quantitative estimate of drug-likeness (QED) is 0.532. The summed E-state index contributed by atoms with van der Waals surface area (Å²) in [5, 5.41) is 2.56. The van der Waals surface area contributed by atoms with Crippen LogP contribution >= 0.6 is 0 Å². The van der Waals surface area contributed by atoms with E-state index in [9.17, 15) is 0 Å². The Balaban J connectivity index is 1.69. The van der Waals surface area contributed by atoms with E-state index in [0.717, 1.165) is 12.8 Å². The van der Waals surface area contributed by atoms with E-state index < -0.39 is 0 Å². The second-order valence-electron chi connectivity index (χ2n) is 6.53. The Kier molecular flexibility index (Phi) is 3.21. The summed E-state index contributed by atoms with van der Waals surface area (Å²) in [6, 6.07) is 13.4. The SMILES string of the molecule is C1=C=CC(c2ccc3[nH]c4ccc(C5=CC=CCC5)cc4c3c2)=CC=1. The summed E-state index contributed by atoms with van der Waals surface area (Å²) in [7, 11) is 0. The number of fused-ring (bicyclic) bond motifs is 3. The first kappa shape index (κ1) is 14.1. The molecule has 2 aliphatic carbocycles. The van der Waals surface area contributed by atoms with Gasteiger partial charge in [0.25, 0.3) is 0 Å². The lowest BCUT2D eigenvalue weighted by Gasteiger charge is -2.09. The smallest absolute Gasteiger partial charge is 0.0465 e. The van der Waals surface area contributed by atoms with Gasteiger partial charge in [0.15, 0.2) is 0 Å². The van der Waals surface area contributed by atoms with Gasteiger partial charge in [0.1, 0.15) is 0 Å². The van der Waals surface area contributed by atoms with Crippen molar-refractivity contribution in [3.63, 3.8) is 0 Å². The van der Waals surface area contributed by atoms with Crippen LogP contribution in [0.15, 0.2) is 84.3 Å². The molecule has 5 rings (SSSR count). The summed E-state index contributed by atoms with van der Waals surface area (Å²) >= 11 is 0. The molecule has 2 aliphatic rings. The van der Waals surface area contributed by atoms with Crippen LogP contribution in [0.25, 0.3) is 33.0 Å². The molecule has 0 bridgehead atoms. The number of hydrogen-bond donors (Lipinski definition) is 1. The number of benzene rings is 2. The van der Waals surface area contributed by atoms with E-state index in [-0.39, 0.29) is 0 Å². The lowest BCUT2D eigenvalue weighted by molar-refractivity contribution is 1.05. The Morgan fingerprint density at radius 2 is 1.64 bits per heavy atom. The van der Waals surface area contributed by atoms with Gasteiger partial charge >= 0.3 is 0 Å². The van der Waals surface area contributed by atoms with Crippen LogP contribution in [0.1, 0.15) is 24.0 Å². The number of nitrogens with one attached hydrogen (secondary N) is 1. The first-order chi connectivity index (χ1) is 12.4. The van der Waals surface area contributed by atoms with Gasteiger partial charge in [0.2, 0.25) is 0 Å². The van der Waals surface area contributed by atoms with E-state index in [2.05, 4.69) is 77.1 Å². The second kappa shape index (κ2) is 5.69. The first-order valence-electron chi connectivity index (χ1n) is 8.68. The number of aromatic nitrogens is 1. The Labute approximate surface area is 146 Å². The van der Waals surface area contributed by atoms with Gasteiger partial charge in [-0.1, -0.05) is 41.8 Å². The lowest BCUT2D eigenvalue weighted by Crippen LogP contribution is -1.87. The summed E-state index contributed by atoms with van der Waals surface area (Å²) in [6.45, 7) is 0. The number of H-pyrrole nitrogens is 1. The average Bonchev–Trinajstić information content (AvgIpc) is 3.06. The van der Waals surface area contributed by atoms with Gasteiger partial charge in [-0.3, -0.25) is 0 Å². The molecule has 0 radical (unpaired) electrons.